The number of para-hydroxylation sites is 1. The minimum absolute atomic E-state index is 0.0146. The van der Waals surface area contributed by atoms with Crippen molar-refractivity contribution in [1.82, 2.24) is 0 Å². The highest BCUT2D eigenvalue weighted by molar-refractivity contribution is 5.80. The van der Waals surface area contributed by atoms with Gasteiger partial charge >= 0.3 is 0 Å². The SMILES string of the molecule is CC1(C)c2ccccc2Cc2cc(-c3ccc4c(c3)Nc3ccccc3C4(C)C)ccc21. The van der Waals surface area contributed by atoms with E-state index in [-0.39, 0.29) is 10.8 Å². The summed E-state index contributed by atoms with van der Waals surface area (Å²) in [6.07, 6.45) is 1.01. The molecule has 1 N–H and O–H groups in total. The molecule has 0 radical (unpaired) electrons. The molecule has 0 aromatic heterocycles. The molecule has 158 valence electrons. The van der Waals surface area contributed by atoms with E-state index in [1.165, 1.54) is 55.9 Å². The Morgan fingerprint density at radius 2 is 1.09 bits per heavy atom. The topological polar surface area (TPSA) is 12.0 Å². The minimum Gasteiger partial charge on any atom is -0.355 e. The summed E-state index contributed by atoms with van der Waals surface area (Å²) < 4.78 is 0. The summed E-state index contributed by atoms with van der Waals surface area (Å²) in [4.78, 5) is 0. The number of anilines is 2. The van der Waals surface area contributed by atoms with E-state index in [2.05, 4.69) is 118 Å². The van der Waals surface area contributed by atoms with Crippen molar-refractivity contribution in [2.24, 2.45) is 0 Å². The largest absolute Gasteiger partial charge is 0.355 e. The van der Waals surface area contributed by atoms with Crippen molar-refractivity contribution in [1.29, 1.82) is 0 Å². The van der Waals surface area contributed by atoms with Gasteiger partial charge in [-0.3, -0.25) is 0 Å². The Hall–Kier alpha value is -3.32. The molecule has 1 heteroatoms. The molecule has 4 aromatic carbocycles. The lowest BCUT2D eigenvalue weighted by atomic mass is 9.68. The van der Waals surface area contributed by atoms with Crippen LogP contribution in [0, 0.1) is 0 Å². The molecular formula is C31H29N. The molecular weight excluding hydrogens is 386 g/mol. The van der Waals surface area contributed by atoms with Crippen LogP contribution in [0.1, 0.15) is 61.1 Å². The molecule has 0 unspecified atom stereocenters. The van der Waals surface area contributed by atoms with Crippen LogP contribution in [0.3, 0.4) is 0 Å². The second-order valence-electron chi connectivity index (χ2n) is 10.4. The highest BCUT2D eigenvalue weighted by atomic mass is 14.9. The maximum atomic E-state index is 3.69. The normalized spacial score (nSPS) is 16.8. The Labute approximate surface area is 191 Å². The predicted octanol–water partition coefficient (Wildman–Crippen LogP) is 7.97. The second kappa shape index (κ2) is 6.59. The van der Waals surface area contributed by atoms with Crippen LogP contribution in [0.5, 0.6) is 0 Å². The summed E-state index contributed by atoms with van der Waals surface area (Å²) in [5.74, 6) is 0. The van der Waals surface area contributed by atoms with Gasteiger partial charge in [0.15, 0.2) is 0 Å². The molecule has 32 heavy (non-hydrogen) atoms. The maximum absolute atomic E-state index is 3.69. The van der Waals surface area contributed by atoms with Crippen molar-refractivity contribution in [2.75, 3.05) is 5.32 Å². The van der Waals surface area contributed by atoms with E-state index >= 15 is 0 Å². The summed E-state index contributed by atoms with van der Waals surface area (Å²) in [6, 6.07) is 31.6. The fourth-order valence-corrected chi connectivity index (χ4v) is 5.96. The first-order chi connectivity index (χ1) is 15.4. The number of benzene rings is 4. The third-order valence-corrected chi connectivity index (χ3v) is 7.75. The average Bonchev–Trinajstić information content (AvgIpc) is 2.78. The lowest BCUT2D eigenvalue weighted by molar-refractivity contribution is 0.611. The van der Waals surface area contributed by atoms with E-state index in [9.17, 15) is 0 Å². The molecule has 1 heterocycles. The zero-order chi connectivity index (χ0) is 22.1. The molecule has 1 aliphatic heterocycles. The van der Waals surface area contributed by atoms with Crippen LogP contribution < -0.4 is 5.32 Å². The summed E-state index contributed by atoms with van der Waals surface area (Å²) in [5.41, 5.74) is 13.5. The van der Waals surface area contributed by atoms with E-state index in [4.69, 9.17) is 0 Å². The number of fused-ring (bicyclic) bond motifs is 4. The molecule has 0 spiro atoms. The van der Waals surface area contributed by atoms with E-state index in [1.54, 1.807) is 0 Å². The van der Waals surface area contributed by atoms with Gasteiger partial charge in [-0.05, 0) is 63.1 Å². The molecule has 0 saturated carbocycles. The molecule has 0 fully saturated rings. The molecule has 0 amide bonds. The van der Waals surface area contributed by atoms with E-state index in [0.29, 0.717) is 0 Å². The van der Waals surface area contributed by atoms with Crippen LogP contribution in [-0.2, 0) is 17.3 Å². The Kier molecular flexibility index (Phi) is 3.99. The first-order valence-corrected chi connectivity index (χ1v) is 11.6. The number of rotatable bonds is 1. The summed E-state index contributed by atoms with van der Waals surface area (Å²) in [5, 5.41) is 3.69. The van der Waals surface area contributed by atoms with E-state index in [1.807, 2.05) is 0 Å². The van der Waals surface area contributed by atoms with Crippen molar-refractivity contribution in [2.45, 2.75) is 44.9 Å². The lowest BCUT2D eigenvalue weighted by Crippen LogP contribution is -2.27. The monoisotopic (exact) mass is 415 g/mol. The smallest absolute Gasteiger partial charge is 0.0432 e. The van der Waals surface area contributed by atoms with E-state index in [0.717, 1.165) is 6.42 Å². The zero-order valence-corrected chi connectivity index (χ0v) is 19.3. The number of hydrogen-bond acceptors (Lipinski definition) is 1. The molecule has 0 bridgehead atoms. The zero-order valence-electron chi connectivity index (χ0n) is 19.3. The Morgan fingerprint density at radius 3 is 1.91 bits per heavy atom. The van der Waals surface area contributed by atoms with Gasteiger partial charge in [-0.15, -0.1) is 0 Å². The van der Waals surface area contributed by atoms with Gasteiger partial charge in [0.05, 0.1) is 0 Å². The third kappa shape index (κ3) is 2.70. The van der Waals surface area contributed by atoms with Crippen LogP contribution in [0.2, 0.25) is 0 Å². The van der Waals surface area contributed by atoms with Gasteiger partial charge in [-0.2, -0.15) is 0 Å². The van der Waals surface area contributed by atoms with Gasteiger partial charge in [-0.25, -0.2) is 0 Å². The van der Waals surface area contributed by atoms with Crippen LogP contribution in [0.4, 0.5) is 11.4 Å². The predicted molar refractivity (Wildman–Crippen MR) is 135 cm³/mol. The van der Waals surface area contributed by atoms with Crippen molar-refractivity contribution in [3.63, 3.8) is 0 Å². The molecule has 1 aliphatic carbocycles. The van der Waals surface area contributed by atoms with Crippen LogP contribution in [-0.4, -0.2) is 0 Å². The summed E-state index contributed by atoms with van der Waals surface area (Å²) in [7, 11) is 0. The van der Waals surface area contributed by atoms with Gasteiger partial charge in [0, 0.05) is 22.2 Å². The first-order valence-electron chi connectivity index (χ1n) is 11.6. The second-order valence-corrected chi connectivity index (χ2v) is 10.4. The Balaban J connectivity index is 1.43. The number of nitrogens with one attached hydrogen (secondary N) is 1. The van der Waals surface area contributed by atoms with Gasteiger partial charge < -0.3 is 5.32 Å². The van der Waals surface area contributed by atoms with Gasteiger partial charge in [0.25, 0.3) is 0 Å². The summed E-state index contributed by atoms with van der Waals surface area (Å²) >= 11 is 0. The molecule has 6 rings (SSSR count). The fourth-order valence-electron chi connectivity index (χ4n) is 5.96. The van der Waals surface area contributed by atoms with Crippen molar-refractivity contribution < 1.29 is 0 Å². The van der Waals surface area contributed by atoms with Gasteiger partial charge in [0.1, 0.15) is 0 Å². The molecule has 1 nitrogen and oxygen atoms in total. The van der Waals surface area contributed by atoms with Crippen LogP contribution in [0.25, 0.3) is 11.1 Å². The fraction of sp³-hybridized carbons (Fsp3) is 0.226. The quantitative estimate of drug-likeness (QED) is 0.332. The van der Waals surface area contributed by atoms with Crippen LogP contribution >= 0.6 is 0 Å². The average molecular weight is 416 g/mol. The molecule has 4 aromatic rings. The molecule has 0 atom stereocenters. The van der Waals surface area contributed by atoms with Crippen molar-refractivity contribution in [3.05, 3.63) is 118 Å². The van der Waals surface area contributed by atoms with Crippen molar-refractivity contribution >= 4 is 11.4 Å². The van der Waals surface area contributed by atoms with E-state index < -0.39 is 0 Å². The molecule has 0 saturated heterocycles. The highest BCUT2D eigenvalue weighted by Crippen LogP contribution is 2.47. The van der Waals surface area contributed by atoms with Crippen LogP contribution in [0.15, 0.2) is 84.9 Å². The first kappa shape index (κ1) is 19.4. The summed E-state index contributed by atoms with van der Waals surface area (Å²) in [6.45, 7) is 9.35. The Morgan fingerprint density at radius 1 is 0.531 bits per heavy atom. The highest BCUT2D eigenvalue weighted by Gasteiger charge is 2.33. The Bertz CT molecular complexity index is 1270. The van der Waals surface area contributed by atoms with Gasteiger partial charge in [-0.1, -0.05) is 100 Å². The van der Waals surface area contributed by atoms with Crippen molar-refractivity contribution in [3.8, 4) is 11.1 Å². The van der Waals surface area contributed by atoms with Gasteiger partial charge in [0.2, 0.25) is 0 Å². The maximum Gasteiger partial charge on any atom is 0.0432 e. The standard InChI is InChI=1S/C31H29N/c1-30(2)24-10-6-5-9-22(24)18-23-17-20(13-15-25(23)30)21-14-16-27-29(19-21)32-28-12-8-7-11-26(28)31(27,3)4/h5-17,19,32H,18H2,1-4H3. The third-order valence-electron chi connectivity index (χ3n) is 7.75. The lowest BCUT2D eigenvalue weighted by Gasteiger charge is -2.36. The number of hydrogen-bond donors (Lipinski definition) is 1. The minimum atomic E-state index is -0.0146. The molecule has 2 aliphatic rings.